The van der Waals surface area contributed by atoms with Gasteiger partial charge < -0.3 is 9.84 Å². The number of hydrogen-bond acceptors (Lipinski definition) is 6. The molecule has 0 saturated heterocycles. The Morgan fingerprint density at radius 1 is 0.795 bits per heavy atom. The molecule has 0 fully saturated rings. The van der Waals surface area contributed by atoms with Gasteiger partial charge in [-0.25, -0.2) is 4.98 Å². The second-order valence-corrected chi connectivity index (χ2v) is 9.48. The van der Waals surface area contributed by atoms with Gasteiger partial charge in [0, 0.05) is 10.9 Å². The molecule has 0 aliphatic heterocycles. The number of carbonyl (C=O) groups excluding carboxylic acids is 2. The van der Waals surface area contributed by atoms with E-state index in [-0.39, 0.29) is 11.3 Å². The van der Waals surface area contributed by atoms with Crippen LogP contribution in [0.25, 0.3) is 10.6 Å². The number of aliphatic hydroxyl groups is 1. The Bertz CT molecular complexity index is 1570. The molecule has 1 heterocycles. The topological polar surface area (TPSA) is 101 Å². The molecule has 194 valence electrons. The molecule has 1 aromatic heterocycles. The fourth-order valence-corrected chi connectivity index (χ4v) is 4.84. The number of aliphatic hydroxyl groups excluding tert-OH is 1. The largest absolute Gasteiger partial charge is 0.488 e. The van der Waals surface area contributed by atoms with Gasteiger partial charge in [0.1, 0.15) is 29.2 Å². The zero-order valence-corrected chi connectivity index (χ0v) is 21.6. The molecule has 39 heavy (non-hydrogen) atoms. The van der Waals surface area contributed by atoms with Gasteiger partial charge in [-0.2, -0.15) is 0 Å². The van der Waals surface area contributed by atoms with Crippen LogP contribution in [-0.2, 0) is 6.61 Å². The average molecular weight is 536 g/mol. The number of nitrogens with zero attached hydrogens (tertiary/aromatic N) is 1. The number of benzene rings is 4. The zero-order chi connectivity index (χ0) is 27.0. The van der Waals surface area contributed by atoms with Gasteiger partial charge in [0.25, 0.3) is 11.8 Å². The maximum Gasteiger partial charge on any atom is 0.289 e. The predicted octanol–water partition coefficient (Wildman–Crippen LogP) is 5.55. The minimum absolute atomic E-state index is 0.158. The Hall–Kier alpha value is -4.79. The summed E-state index contributed by atoms with van der Waals surface area (Å²) in [7, 11) is 0. The van der Waals surface area contributed by atoms with Crippen molar-refractivity contribution in [2.45, 2.75) is 12.7 Å². The quantitative estimate of drug-likeness (QED) is 0.226. The highest BCUT2D eigenvalue weighted by molar-refractivity contribution is 7.13. The first kappa shape index (κ1) is 25.8. The van der Waals surface area contributed by atoms with Crippen LogP contribution in [0.3, 0.4) is 0 Å². The molecule has 1 atom stereocenters. The number of nitrogens with one attached hydrogen (secondary N) is 2. The van der Waals surface area contributed by atoms with E-state index in [4.69, 9.17) is 4.74 Å². The fraction of sp³-hybridized carbons (Fsp3) is 0.0645. The molecule has 1 unspecified atom stereocenters. The Morgan fingerprint density at radius 3 is 2.23 bits per heavy atom. The Balaban J connectivity index is 1.25. The second kappa shape index (κ2) is 12.2. The van der Waals surface area contributed by atoms with Crippen LogP contribution in [0.1, 0.15) is 43.6 Å². The van der Waals surface area contributed by atoms with E-state index in [9.17, 15) is 14.7 Å². The van der Waals surface area contributed by atoms with Gasteiger partial charge in [0.15, 0.2) is 0 Å². The standard InChI is InChI=1S/C31H25N3O4S/c35-28(22-13-5-2-6-14-22)23-15-7-8-16-24(23)29(36)33-34-30(37)26-20-39-31(32-26)25-17-9-10-18-27(25)38-19-21-11-3-1-4-12-21/h1-18,20,28,35H,19H2,(H,33,36)(H,34,37). The summed E-state index contributed by atoms with van der Waals surface area (Å²) in [5.41, 5.74) is 8.16. The lowest BCUT2D eigenvalue weighted by atomic mass is 9.96. The van der Waals surface area contributed by atoms with E-state index in [1.165, 1.54) is 11.3 Å². The van der Waals surface area contributed by atoms with Crippen LogP contribution in [0.2, 0.25) is 0 Å². The number of hydrogen-bond donors (Lipinski definition) is 3. The lowest BCUT2D eigenvalue weighted by Crippen LogP contribution is -2.42. The summed E-state index contributed by atoms with van der Waals surface area (Å²) in [6.07, 6.45) is -0.992. The maximum atomic E-state index is 12.9. The highest BCUT2D eigenvalue weighted by atomic mass is 32.1. The first-order chi connectivity index (χ1) is 19.1. The first-order valence-electron chi connectivity index (χ1n) is 12.2. The molecule has 0 spiro atoms. The highest BCUT2D eigenvalue weighted by Crippen LogP contribution is 2.32. The molecule has 0 saturated carbocycles. The van der Waals surface area contributed by atoms with E-state index in [0.717, 1.165) is 11.1 Å². The molecule has 0 radical (unpaired) electrons. The van der Waals surface area contributed by atoms with Crippen molar-refractivity contribution in [3.05, 3.63) is 143 Å². The van der Waals surface area contributed by atoms with Gasteiger partial charge in [0.05, 0.1) is 5.56 Å². The molecule has 4 aromatic carbocycles. The van der Waals surface area contributed by atoms with E-state index in [0.29, 0.717) is 28.5 Å². The number of rotatable bonds is 8. The molecular formula is C31H25N3O4S. The number of aromatic nitrogens is 1. The molecule has 0 bridgehead atoms. The van der Waals surface area contributed by atoms with Gasteiger partial charge >= 0.3 is 0 Å². The number of amides is 2. The van der Waals surface area contributed by atoms with Gasteiger partial charge in [-0.05, 0) is 34.9 Å². The molecule has 7 nitrogen and oxygen atoms in total. The van der Waals surface area contributed by atoms with Crippen LogP contribution in [0.15, 0.2) is 115 Å². The molecule has 5 rings (SSSR count). The van der Waals surface area contributed by atoms with Gasteiger partial charge in [-0.1, -0.05) is 91.0 Å². The van der Waals surface area contributed by atoms with E-state index in [1.54, 1.807) is 41.8 Å². The van der Waals surface area contributed by atoms with Gasteiger partial charge in [-0.15, -0.1) is 11.3 Å². The van der Waals surface area contributed by atoms with Crippen LogP contribution >= 0.6 is 11.3 Å². The summed E-state index contributed by atoms with van der Waals surface area (Å²) in [6.45, 7) is 0.406. The summed E-state index contributed by atoms with van der Waals surface area (Å²) in [4.78, 5) is 30.2. The van der Waals surface area contributed by atoms with Crippen molar-refractivity contribution >= 4 is 23.2 Å². The summed E-state index contributed by atoms with van der Waals surface area (Å²) >= 11 is 1.30. The Kier molecular flexibility index (Phi) is 8.06. The van der Waals surface area contributed by atoms with Crippen LogP contribution in [-0.4, -0.2) is 21.9 Å². The number of thiazole rings is 1. The minimum atomic E-state index is -0.992. The van der Waals surface area contributed by atoms with Crippen LogP contribution < -0.4 is 15.6 Å². The molecular weight excluding hydrogens is 510 g/mol. The number of para-hydroxylation sites is 1. The Labute approximate surface area is 229 Å². The van der Waals surface area contributed by atoms with E-state index in [2.05, 4.69) is 15.8 Å². The summed E-state index contributed by atoms with van der Waals surface area (Å²) < 4.78 is 6.03. The van der Waals surface area contributed by atoms with Crippen LogP contribution in [0, 0.1) is 0 Å². The van der Waals surface area contributed by atoms with Gasteiger partial charge in [0.2, 0.25) is 0 Å². The molecule has 0 aliphatic rings. The first-order valence-corrected chi connectivity index (χ1v) is 13.1. The van der Waals surface area contributed by atoms with Crippen molar-refractivity contribution in [1.29, 1.82) is 0 Å². The third-order valence-corrected chi connectivity index (χ3v) is 6.87. The predicted molar refractivity (Wildman–Crippen MR) is 150 cm³/mol. The molecule has 5 aromatic rings. The summed E-state index contributed by atoms with van der Waals surface area (Å²) in [6, 6.07) is 33.1. The third-order valence-electron chi connectivity index (χ3n) is 6.00. The van der Waals surface area contributed by atoms with Crippen molar-refractivity contribution in [3.63, 3.8) is 0 Å². The molecule has 0 aliphatic carbocycles. The average Bonchev–Trinajstić information content (AvgIpc) is 3.50. The van der Waals surface area contributed by atoms with Crippen molar-refractivity contribution in [2.24, 2.45) is 0 Å². The third kappa shape index (κ3) is 6.20. The summed E-state index contributed by atoms with van der Waals surface area (Å²) in [5, 5.41) is 13.1. The van der Waals surface area contributed by atoms with Crippen LogP contribution in [0.5, 0.6) is 5.75 Å². The van der Waals surface area contributed by atoms with Crippen molar-refractivity contribution in [1.82, 2.24) is 15.8 Å². The molecule has 2 amide bonds. The smallest absolute Gasteiger partial charge is 0.289 e. The highest BCUT2D eigenvalue weighted by Gasteiger charge is 2.20. The van der Waals surface area contributed by atoms with Crippen molar-refractivity contribution < 1.29 is 19.4 Å². The zero-order valence-electron chi connectivity index (χ0n) is 20.8. The van der Waals surface area contributed by atoms with E-state index < -0.39 is 17.9 Å². The SMILES string of the molecule is O=C(NNC(=O)c1ccccc1C(O)c1ccccc1)c1csc(-c2ccccc2OCc2ccccc2)n1. The molecule has 3 N–H and O–H groups in total. The van der Waals surface area contributed by atoms with Gasteiger partial charge in [-0.3, -0.25) is 20.4 Å². The second-order valence-electron chi connectivity index (χ2n) is 8.62. The number of ether oxygens (including phenoxy) is 1. The van der Waals surface area contributed by atoms with Crippen molar-refractivity contribution in [3.8, 4) is 16.3 Å². The minimum Gasteiger partial charge on any atom is -0.488 e. The summed E-state index contributed by atoms with van der Waals surface area (Å²) in [5.74, 6) is -0.455. The lowest BCUT2D eigenvalue weighted by molar-refractivity contribution is 0.0842. The van der Waals surface area contributed by atoms with Crippen molar-refractivity contribution in [2.75, 3.05) is 0 Å². The lowest BCUT2D eigenvalue weighted by Gasteiger charge is -2.16. The normalized spacial score (nSPS) is 11.4. The molecule has 8 heteroatoms. The van der Waals surface area contributed by atoms with E-state index >= 15 is 0 Å². The number of carbonyl (C=O) groups is 2. The van der Waals surface area contributed by atoms with E-state index in [1.807, 2.05) is 72.8 Å². The van der Waals surface area contributed by atoms with Crippen LogP contribution in [0.4, 0.5) is 0 Å². The maximum absolute atomic E-state index is 12.9. The number of hydrazine groups is 1. The Morgan fingerprint density at radius 2 is 1.44 bits per heavy atom. The fourth-order valence-electron chi connectivity index (χ4n) is 4.01. The monoisotopic (exact) mass is 535 g/mol.